The lowest BCUT2D eigenvalue weighted by atomic mass is 10.0. The average molecular weight is 605 g/mol. The fraction of sp³-hybridized carbons (Fsp3) is 0.778. The zero-order chi connectivity index (χ0) is 30.5. The summed E-state index contributed by atoms with van der Waals surface area (Å²) in [5.74, 6) is -0.583. The monoisotopic (exact) mass is 604 g/mol. The van der Waals surface area contributed by atoms with Gasteiger partial charge in [0.05, 0.1) is 10.8 Å². The number of unbranched alkanes of at least 4 members (excludes halogenated alkanes) is 22. The third-order valence-electron chi connectivity index (χ3n) is 8.08. The molecule has 0 aliphatic heterocycles. The summed E-state index contributed by atoms with van der Waals surface area (Å²) in [4.78, 5) is 25.2. The second kappa shape index (κ2) is 28.1. The summed E-state index contributed by atoms with van der Waals surface area (Å²) < 4.78 is 12.6. The van der Waals surface area contributed by atoms with Gasteiger partial charge in [-0.05, 0) is 37.1 Å². The number of carbonyl (C=O) groups excluding carboxylic acids is 2. The van der Waals surface area contributed by atoms with Crippen LogP contribution >= 0.6 is 0 Å². The van der Waals surface area contributed by atoms with Crippen molar-refractivity contribution >= 4 is 28.3 Å². The molecule has 0 heterocycles. The van der Waals surface area contributed by atoms with E-state index in [0.717, 1.165) is 30.6 Å². The zero-order valence-corrected chi connectivity index (χ0v) is 28.1. The predicted octanol–water partition coefficient (Wildman–Crippen LogP) is 10.3. The highest BCUT2D eigenvalue weighted by Gasteiger charge is 2.13. The molecule has 0 aliphatic carbocycles. The third-order valence-corrected chi connectivity index (χ3v) is 9.54. The SMILES string of the molecule is CCCCCCCCCCCCCCCCCCNC(=O)C(=O)Nc1ccc(S(=O)CCCCCCCCCC)cc1. The molecule has 0 bridgehead atoms. The van der Waals surface area contributed by atoms with Gasteiger partial charge in [0, 0.05) is 22.9 Å². The van der Waals surface area contributed by atoms with E-state index in [0.29, 0.717) is 18.0 Å². The number of rotatable bonds is 28. The van der Waals surface area contributed by atoms with E-state index in [-0.39, 0.29) is 0 Å². The van der Waals surface area contributed by atoms with E-state index in [1.807, 2.05) is 0 Å². The summed E-state index contributed by atoms with van der Waals surface area (Å²) in [6.45, 7) is 5.03. The van der Waals surface area contributed by atoms with Gasteiger partial charge in [-0.1, -0.05) is 155 Å². The van der Waals surface area contributed by atoms with E-state index < -0.39 is 22.6 Å². The van der Waals surface area contributed by atoms with Crippen molar-refractivity contribution in [3.8, 4) is 0 Å². The van der Waals surface area contributed by atoms with Crippen molar-refractivity contribution in [2.45, 2.75) is 173 Å². The van der Waals surface area contributed by atoms with Gasteiger partial charge in [-0.25, -0.2) is 0 Å². The Bertz CT molecular complexity index is 812. The second-order valence-electron chi connectivity index (χ2n) is 12.1. The fourth-order valence-electron chi connectivity index (χ4n) is 5.32. The Morgan fingerprint density at radius 2 is 0.905 bits per heavy atom. The number of hydrogen-bond acceptors (Lipinski definition) is 3. The van der Waals surface area contributed by atoms with Crippen molar-refractivity contribution in [1.82, 2.24) is 5.32 Å². The molecular formula is C36H64N2O3S. The lowest BCUT2D eigenvalue weighted by molar-refractivity contribution is -0.136. The van der Waals surface area contributed by atoms with Gasteiger partial charge >= 0.3 is 11.8 Å². The molecule has 1 rings (SSSR count). The van der Waals surface area contributed by atoms with E-state index >= 15 is 0 Å². The van der Waals surface area contributed by atoms with E-state index in [1.54, 1.807) is 24.3 Å². The van der Waals surface area contributed by atoms with Crippen molar-refractivity contribution in [3.05, 3.63) is 24.3 Å². The fourth-order valence-corrected chi connectivity index (χ4v) is 6.46. The van der Waals surface area contributed by atoms with Gasteiger partial charge in [-0.2, -0.15) is 0 Å². The van der Waals surface area contributed by atoms with Crippen molar-refractivity contribution in [1.29, 1.82) is 0 Å². The smallest absolute Gasteiger partial charge is 0.313 e. The Morgan fingerprint density at radius 1 is 0.524 bits per heavy atom. The molecule has 2 amide bonds. The summed E-state index contributed by atoms with van der Waals surface area (Å²) in [5.41, 5.74) is 0.547. The Balaban J connectivity index is 2.00. The van der Waals surface area contributed by atoms with Crippen molar-refractivity contribution < 1.29 is 13.8 Å². The van der Waals surface area contributed by atoms with Crippen LogP contribution in [0.4, 0.5) is 5.69 Å². The van der Waals surface area contributed by atoms with Crippen LogP contribution in [0.25, 0.3) is 0 Å². The van der Waals surface area contributed by atoms with Crippen LogP contribution in [0.3, 0.4) is 0 Å². The zero-order valence-electron chi connectivity index (χ0n) is 27.3. The molecule has 242 valence electrons. The standard InChI is InChI=1S/C36H64N2O3S/c1-3-5-7-9-11-13-14-15-16-17-18-19-20-21-23-25-31-37-35(39)36(40)38-33-27-29-34(30-28-33)42(41)32-26-24-22-12-10-8-6-4-2/h27-30H,3-26,31-32H2,1-2H3,(H,37,39)(H,38,40). The van der Waals surface area contributed by atoms with Crippen molar-refractivity contribution in [2.24, 2.45) is 0 Å². The maximum atomic E-state index is 12.6. The van der Waals surface area contributed by atoms with Crippen LogP contribution in [0.1, 0.15) is 168 Å². The lowest BCUT2D eigenvalue weighted by Crippen LogP contribution is -2.35. The average Bonchev–Trinajstić information content (AvgIpc) is 3.00. The van der Waals surface area contributed by atoms with Gasteiger partial charge in [0.15, 0.2) is 0 Å². The molecule has 42 heavy (non-hydrogen) atoms. The van der Waals surface area contributed by atoms with E-state index in [2.05, 4.69) is 24.5 Å². The lowest BCUT2D eigenvalue weighted by Gasteiger charge is -2.08. The van der Waals surface area contributed by atoms with Crippen molar-refractivity contribution in [3.63, 3.8) is 0 Å². The maximum absolute atomic E-state index is 12.6. The first kappa shape index (κ1) is 38.3. The minimum Gasteiger partial charge on any atom is -0.348 e. The molecule has 0 aliphatic rings. The molecule has 0 saturated heterocycles. The molecule has 5 nitrogen and oxygen atoms in total. The molecule has 0 radical (unpaired) electrons. The van der Waals surface area contributed by atoms with E-state index in [9.17, 15) is 13.8 Å². The molecule has 1 atom stereocenters. The summed E-state index contributed by atoms with van der Waals surface area (Å²) in [6, 6.07) is 7.01. The van der Waals surface area contributed by atoms with Crippen LogP contribution in [0.15, 0.2) is 29.2 Å². The number of amides is 2. The molecule has 0 aromatic heterocycles. The van der Waals surface area contributed by atoms with Crippen LogP contribution in [0.2, 0.25) is 0 Å². The highest BCUT2D eigenvalue weighted by molar-refractivity contribution is 7.85. The molecular weight excluding hydrogens is 540 g/mol. The van der Waals surface area contributed by atoms with Crippen LogP contribution in [-0.2, 0) is 20.4 Å². The number of benzene rings is 1. The first-order chi connectivity index (χ1) is 20.6. The summed E-state index contributed by atoms with van der Waals surface area (Å²) in [6.07, 6.45) is 30.8. The molecule has 1 aromatic rings. The molecule has 0 saturated carbocycles. The Labute approximate surface area is 261 Å². The van der Waals surface area contributed by atoms with Crippen LogP contribution in [0, 0.1) is 0 Å². The highest BCUT2D eigenvalue weighted by atomic mass is 32.2. The minimum atomic E-state index is -1.03. The first-order valence-electron chi connectivity index (χ1n) is 17.7. The van der Waals surface area contributed by atoms with Gasteiger partial charge in [0.1, 0.15) is 0 Å². The van der Waals surface area contributed by atoms with Gasteiger partial charge in [0.25, 0.3) is 0 Å². The molecule has 0 fully saturated rings. The highest BCUT2D eigenvalue weighted by Crippen LogP contribution is 2.16. The molecule has 1 aromatic carbocycles. The Morgan fingerprint density at radius 3 is 1.33 bits per heavy atom. The van der Waals surface area contributed by atoms with E-state index in [4.69, 9.17) is 0 Å². The Kier molecular flexibility index (Phi) is 25.6. The molecule has 1 unspecified atom stereocenters. The van der Waals surface area contributed by atoms with Gasteiger partial charge in [0.2, 0.25) is 0 Å². The van der Waals surface area contributed by atoms with Crippen LogP contribution in [0.5, 0.6) is 0 Å². The Hall–Kier alpha value is -1.69. The molecule has 6 heteroatoms. The van der Waals surface area contributed by atoms with E-state index in [1.165, 1.54) is 128 Å². The number of carbonyl (C=O) groups is 2. The summed E-state index contributed by atoms with van der Waals surface area (Å²) in [5, 5.41) is 5.38. The van der Waals surface area contributed by atoms with Gasteiger partial charge < -0.3 is 10.6 Å². The number of nitrogens with one attached hydrogen (secondary N) is 2. The normalized spacial score (nSPS) is 11.9. The number of anilines is 1. The topological polar surface area (TPSA) is 75.3 Å². The largest absolute Gasteiger partial charge is 0.348 e. The summed E-state index contributed by atoms with van der Waals surface area (Å²) >= 11 is 0. The third kappa shape index (κ3) is 21.9. The minimum absolute atomic E-state index is 0.529. The first-order valence-corrected chi connectivity index (χ1v) is 19.0. The van der Waals surface area contributed by atoms with Crippen LogP contribution in [-0.4, -0.2) is 28.3 Å². The summed E-state index contributed by atoms with van der Waals surface area (Å²) in [7, 11) is -1.03. The van der Waals surface area contributed by atoms with Gasteiger partial charge in [-0.15, -0.1) is 0 Å². The number of hydrogen-bond donors (Lipinski definition) is 2. The predicted molar refractivity (Wildman–Crippen MR) is 182 cm³/mol. The molecule has 2 N–H and O–H groups in total. The quantitative estimate of drug-likeness (QED) is 0.0738. The maximum Gasteiger partial charge on any atom is 0.313 e. The molecule has 0 spiro atoms. The second-order valence-corrected chi connectivity index (χ2v) is 13.6. The van der Waals surface area contributed by atoms with Gasteiger partial charge in [-0.3, -0.25) is 13.8 Å². The van der Waals surface area contributed by atoms with Crippen LogP contribution < -0.4 is 10.6 Å². The van der Waals surface area contributed by atoms with Crippen molar-refractivity contribution in [2.75, 3.05) is 17.6 Å².